The number of carbonyl (C=O) groups is 1. The third-order valence-electron chi connectivity index (χ3n) is 3.83. The Morgan fingerprint density at radius 3 is 2.71 bits per heavy atom. The summed E-state index contributed by atoms with van der Waals surface area (Å²) in [7, 11) is 0. The molecule has 5 N–H and O–H groups in total. The number of nitrogens with zero attached hydrogens (tertiary/aromatic N) is 1. The van der Waals surface area contributed by atoms with Crippen molar-refractivity contribution in [2.75, 3.05) is 6.61 Å². The predicted molar refractivity (Wildman–Crippen MR) is 66.9 cm³/mol. The van der Waals surface area contributed by atoms with Crippen molar-refractivity contribution in [1.29, 1.82) is 0 Å². The van der Waals surface area contributed by atoms with Gasteiger partial charge in [-0.1, -0.05) is 0 Å². The number of ether oxygens (including phenoxy) is 1. The fourth-order valence-electron chi connectivity index (χ4n) is 2.65. The van der Waals surface area contributed by atoms with Crippen molar-refractivity contribution >= 4 is 6.03 Å². The third kappa shape index (κ3) is 2.09. The number of halogens is 1. The van der Waals surface area contributed by atoms with Crippen molar-refractivity contribution in [3.05, 3.63) is 23.3 Å². The van der Waals surface area contributed by atoms with Crippen LogP contribution >= 0.6 is 0 Å². The van der Waals surface area contributed by atoms with E-state index < -0.39 is 49.2 Å². The zero-order valence-corrected chi connectivity index (χ0v) is 11.2. The molecule has 3 aliphatic rings. The number of aliphatic hydroxyl groups excluding tert-OH is 3. The number of amides is 2. The number of allylic oxidation sites excluding steroid dienone is 1. The van der Waals surface area contributed by atoms with Gasteiger partial charge in [0.25, 0.3) is 0 Å². The van der Waals surface area contributed by atoms with Crippen LogP contribution in [0.2, 0.25) is 0 Å². The van der Waals surface area contributed by atoms with Gasteiger partial charge in [-0.3, -0.25) is 4.90 Å². The molecule has 8 nitrogen and oxygen atoms in total. The Morgan fingerprint density at radius 2 is 2.10 bits per heavy atom. The van der Waals surface area contributed by atoms with E-state index in [1.807, 2.05) is 0 Å². The van der Waals surface area contributed by atoms with E-state index in [1.165, 1.54) is 13.1 Å². The van der Waals surface area contributed by atoms with E-state index in [4.69, 9.17) is 9.84 Å². The third-order valence-corrected chi connectivity index (χ3v) is 3.83. The fourth-order valence-corrected chi connectivity index (χ4v) is 2.65. The average molecular weight is 301 g/mol. The minimum absolute atomic E-state index is 0.213. The summed E-state index contributed by atoms with van der Waals surface area (Å²) in [6.07, 6.45) is -4.35. The van der Waals surface area contributed by atoms with Crippen LogP contribution in [-0.4, -0.2) is 63.6 Å². The number of rotatable bonds is 2. The molecule has 3 aliphatic heterocycles. The summed E-state index contributed by atoms with van der Waals surface area (Å²) in [4.78, 5) is 13.0. The van der Waals surface area contributed by atoms with Crippen LogP contribution in [0.5, 0.6) is 0 Å². The van der Waals surface area contributed by atoms with Crippen LogP contribution in [0, 0.1) is 0 Å². The molecule has 0 radical (unpaired) electrons. The monoisotopic (exact) mass is 301 g/mol. The first-order chi connectivity index (χ1) is 9.93. The lowest BCUT2D eigenvalue weighted by molar-refractivity contribution is -0.0665. The van der Waals surface area contributed by atoms with Crippen LogP contribution in [0.25, 0.3) is 0 Å². The first-order valence-corrected chi connectivity index (χ1v) is 6.50. The quantitative estimate of drug-likeness (QED) is 0.422. The van der Waals surface area contributed by atoms with E-state index in [9.17, 15) is 19.4 Å². The van der Waals surface area contributed by atoms with Crippen molar-refractivity contribution in [3.63, 3.8) is 0 Å². The summed E-state index contributed by atoms with van der Waals surface area (Å²) < 4.78 is 19.2. The number of hydrogen-bond acceptors (Lipinski definition) is 6. The van der Waals surface area contributed by atoms with Gasteiger partial charge >= 0.3 is 6.03 Å². The lowest BCUT2D eigenvalue weighted by Gasteiger charge is -2.33. The van der Waals surface area contributed by atoms with Gasteiger partial charge in [-0.25, -0.2) is 9.18 Å². The predicted octanol–water partition coefficient (Wildman–Crippen LogP) is -1.54. The minimum atomic E-state index is -1.40. The highest BCUT2D eigenvalue weighted by atomic mass is 19.1. The molecule has 3 heterocycles. The van der Waals surface area contributed by atoms with E-state index in [0.717, 1.165) is 4.90 Å². The summed E-state index contributed by atoms with van der Waals surface area (Å²) in [5, 5.41) is 34.0. The van der Waals surface area contributed by atoms with Crippen LogP contribution in [0.4, 0.5) is 9.18 Å². The Kier molecular flexibility index (Phi) is 3.36. The van der Waals surface area contributed by atoms with Crippen molar-refractivity contribution in [2.45, 2.75) is 37.6 Å². The normalized spacial score (nSPS) is 39.1. The highest BCUT2D eigenvalue weighted by Crippen LogP contribution is 2.31. The average Bonchev–Trinajstić information content (AvgIpc) is 2.88. The van der Waals surface area contributed by atoms with Crippen LogP contribution < -0.4 is 10.6 Å². The zero-order chi connectivity index (χ0) is 15.3. The maximum absolute atomic E-state index is 13.9. The lowest BCUT2D eigenvalue weighted by Crippen LogP contribution is -2.56. The summed E-state index contributed by atoms with van der Waals surface area (Å²) in [6.45, 7) is 1.04. The van der Waals surface area contributed by atoms with Gasteiger partial charge in [0, 0.05) is 17.5 Å². The topological polar surface area (TPSA) is 114 Å². The van der Waals surface area contributed by atoms with E-state index in [1.54, 1.807) is 0 Å². The van der Waals surface area contributed by atoms with E-state index in [-0.39, 0.29) is 5.57 Å². The van der Waals surface area contributed by atoms with Gasteiger partial charge in [-0.15, -0.1) is 0 Å². The van der Waals surface area contributed by atoms with Crippen LogP contribution in [0.1, 0.15) is 6.92 Å². The van der Waals surface area contributed by atoms with Gasteiger partial charge in [0.1, 0.15) is 30.3 Å². The Labute approximate surface area is 119 Å². The molecular weight excluding hydrogens is 285 g/mol. The largest absolute Gasteiger partial charge is 0.394 e. The number of carbonyl (C=O) groups excluding carboxylic acids is 1. The number of aliphatic hydroxyl groups is 3. The summed E-state index contributed by atoms with van der Waals surface area (Å²) in [5.74, 6) is -0.489. The zero-order valence-electron chi connectivity index (χ0n) is 11.2. The second-order valence-electron chi connectivity index (χ2n) is 5.19. The van der Waals surface area contributed by atoms with Crippen molar-refractivity contribution < 1.29 is 29.2 Å². The number of nitrogens with one attached hydrogen (secondary N) is 2. The van der Waals surface area contributed by atoms with Crippen LogP contribution in [-0.2, 0) is 4.74 Å². The maximum Gasteiger partial charge on any atom is 0.325 e. The van der Waals surface area contributed by atoms with Gasteiger partial charge in [0.2, 0.25) is 0 Å². The number of hydrogen-bond donors (Lipinski definition) is 5. The van der Waals surface area contributed by atoms with Gasteiger partial charge in [0.05, 0.1) is 6.61 Å². The molecule has 0 aliphatic carbocycles. The summed E-state index contributed by atoms with van der Waals surface area (Å²) >= 11 is 0. The van der Waals surface area contributed by atoms with Gasteiger partial charge in [-0.05, 0) is 6.92 Å². The molecule has 5 unspecified atom stereocenters. The van der Waals surface area contributed by atoms with Gasteiger partial charge in [0.15, 0.2) is 6.23 Å². The molecule has 9 heteroatoms. The van der Waals surface area contributed by atoms with E-state index in [2.05, 4.69) is 10.6 Å². The Hall–Kier alpha value is -1.68. The highest BCUT2D eigenvalue weighted by molar-refractivity contribution is 5.79. The van der Waals surface area contributed by atoms with Crippen molar-refractivity contribution in [2.24, 2.45) is 0 Å². The Bertz CT molecular complexity index is 537. The second kappa shape index (κ2) is 4.95. The van der Waals surface area contributed by atoms with Crippen molar-refractivity contribution in [1.82, 2.24) is 15.5 Å². The molecule has 0 bridgehead atoms. The fraction of sp³-hybridized carbons (Fsp3) is 0.583. The SMILES string of the molecule is CC1=C(F)C2=CN(C3OC(CO)C(O)C3O)C(=O)NC2N1. The Balaban J connectivity index is 1.89. The molecule has 2 amide bonds. The molecule has 0 aromatic rings. The first kappa shape index (κ1) is 14.3. The standard InChI is InChI=1S/C12H16FN3O5/c1-4-7(13)5-2-16(12(20)15-10(5)14-4)11-9(19)8(18)6(3-17)21-11/h2,6,8-11,14,17-19H,3H2,1H3,(H,15,20). The summed E-state index contributed by atoms with van der Waals surface area (Å²) in [6, 6.07) is -0.603. The molecule has 21 heavy (non-hydrogen) atoms. The summed E-state index contributed by atoms with van der Waals surface area (Å²) in [5.41, 5.74) is 0.513. The molecule has 0 spiro atoms. The first-order valence-electron chi connectivity index (χ1n) is 6.50. The molecule has 3 rings (SSSR count). The second-order valence-corrected chi connectivity index (χ2v) is 5.19. The molecule has 0 saturated carbocycles. The molecule has 0 aromatic heterocycles. The van der Waals surface area contributed by atoms with Gasteiger partial charge in [-0.2, -0.15) is 0 Å². The molecule has 1 saturated heterocycles. The number of urea groups is 1. The van der Waals surface area contributed by atoms with E-state index >= 15 is 0 Å². The number of fused-ring (bicyclic) bond motifs is 1. The molecule has 5 atom stereocenters. The minimum Gasteiger partial charge on any atom is -0.394 e. The molecule has 1 fully saturated rings. The van der Waals surface area contributed by atoms with E-state index in [0.29, 0.717) is 5.70 Å². The molecular formula is C12H16FN3O5. The van der Waals surface area contributed by atoms with Crippen LogP contribution in [0.15, 0.2) is 23.3 Å². The maximum atomic E-state index is 13.9. The lowest BCUT2D eigenvalue weighted by atomic mass is 10.1. The van der Waals surface area contributed by atoms with Gasteiger partial charge < -0.3 is 30.7 Å². The molecule has 116 valence electrons. The van der Waals surface area contributed by atoms with Crippen LogP contribution in [0.3, 0.4) is 0 Å². The highest BCUT2D eigenvalue weighted by Gasteiger charge is 2.48. The smallest absolute Gasteiger partial charge is 0.325 e. The Morgan fingerprint density at radius 1 is 1.38 bits per heavy atom. The van der Waals surface area contributed by atoms with Crippen molar-refractivity contribution in [3.8, 4) is 0 Å². The molecule has 0 aromatic carbocycles.